The van der Waals surface area contributed by atoms with E-state index in [1.54, 1.807) is 14.0 Å². The fourth-order valence-corrected chi connectivity index (χ4v) is 5.38. The standard InChI is InChI=1S/C27H42O5Si/c1-10-31-25(28)21(3)16-23-15-20(2)17-27(23,32-33(8,9)26(4,5)6)19-30-18-22-11-13-24(29-7)14-12-22/h11-16,20H,10,17-19H2,1-9H3/b21-16+/t20-,27+/m1/s1. The number of hydrogen-bond donors (Lipinski definition) is 0. The highest BCUT2D eigenvalue weighted by molar-refractivity contribution is 6.74. The van der Waals surface area contributed by atoms with E-state index in [4.69, 9.17) is 18.6 Å². The molecule has 184 valence electrons. The van der Waals surface area contributed by atoms with Gasteiger partial charge in [-0.3, -0.25) is 0 Å². The molecule has 1 aliphatic rings. The van der Waals surface area contributed by atoms with Crippen molar-refractivity contribution in [2.24, 2.45) is 5.92 Å². The first-order valence-electron chi connectivity index (χ1n) is 11.8. The predicted molar refractivity (Wildman–Crippen MR) is 136 cm³/mol. The lowest BCUT2D eigenvalue weighted by molar-refractivity contribution is -0.138. The van der Waals surface area contributed by atoms with Gasteiger partial charge in [0.25, 0.3) is 0 Å². The molecule has 5 nitrogen and oxygen atoms in total. The Balaban J connectivity index is 2.33. The highest BCUT2D eigenvalue weighted by atomic mass is 28.4. The van der Waals surface area contributed by atoms with Crippen LogP contribution in [0.25, 0.3) is 0 Å². The molecule has 6 heteroatoms. The average Bonchev–Trinajstić information content (AvgIpc) is 3.01. The van der Waals surface area contributed by atoms with Gasteiger partial charge in [0, 0.05) is 5.57 Å². The molecule has 2 atom stereocenters. The quantitative estimate of drug-likeness (QED) is 0.222. The summed E-state index contributed by atoms with van der Waals surface area (Å²) < 4.78 is 23.8. The maximum atomic E-state index is 12.3. The second kappa shape index (κ2) is 11.0. The van der Waals surface area contributed by atoms with Crippen LogP contribution in [-0.2, 0) is 25.3 Å². The van der Waals surface area contributed by atoms with Crippen LogP contribution in [0.15, 0.2) is 47.6 Å². The number of rotatable bonds is 10. The second-order valence-electron chi connectivity index (χ2n) is 10.5. The molecule has 0 unspecified atom stereocenters. The Bertz CT molecular complexity index is 863. The molecule has 0 radical (unpaired) electrons. The molecule has 0 bridgehead atoms. The summed E-state index contributed by atoms with van der Waals surface area (Å²) in [6.45, 7) is 18.3. The van der Waals surface area contributed by atoms with Crippen molar-refractivity contribution in [3.05, 3.63) is 53.1 Å². The first kappa shape index (κ1) is 27.4. The van der Waals surface area contributed by atoms with Gasteiger partial charge >= 0.3 is 5.97 Å². The van der Waals surface area contributed by atoms with E-state index >= 15 is 0 Å². The molecule has 0 saturated heterocycles. The zero-order chi connectivity index (χ0) is 24.9. The SMILES string of the molecule is CCOC(=O)/C(C)=C/C1=C[C@@H](C)C[C@@]1(COCc1ccc(OC)cc1)O[Si](C)(C)C(C)(C)C. The Morgan fingerprint density at radius 2 is 1.85 bits per heavy atom. The third-order valence-corrected chi connectivity index (χ3v) is 11.1. The smallest absolute Gasteiger partial charge is 0.333 e. The summed E-state index contributed by atoms with van der Waals surface area (Å²) in [5, 5.41) is 0.0484. The number of carbonyl (C=O) groups is 1. The van der Waals surface area contributed by atoms with E-state index in [0.29, 0.717) is 31.3 Å². The van der Waals surface area contributed by atoms with Gasteiger partial charge in [0.05, 0.1) is 26.9 Å². The molecule has 33 heavy (non-hydrogen) atoms. The van der Waals surface area contributed by atoms with E-state index in [0.717, 1.165) is 23.3 Å². The van der Waals surface area contributed by atoms with Crippen LogP contribution in [0.3, 0.4) is 0 Å². The molecular formula is C27H42O5Si. The first-order chi connectivity index (χ1) is 15.3. The molecule has 0 N–H and O–H groups in total. The molecule has 0 fully saturated rings. The molecule has 0 spiro atoms. The van der Waals surface area contributed by atoms with Gasteiger partial charge in [0.15, 0.2) is 8.32 Å². The predicted octanol–water partition coefficient (Wildman–Crippen LogP) is 6.45. The summed E-state index contributed by atoms with van der Waals surface area (Å²) in [6.07, 6.45) is 4.97. The van der Waals surface area contributed by atoms with E-state index in [-0.39, 0.29) is 11.0 Å². The van der Waals surface area contributed by atoms with Crippen molar-refractivity contribution in [2.45, 2.75) is 78.3 Å². The summed E-state index contributed by atoms with van der Waals surface area (Å²) in [5.41, 5.74) is 2.08. The maximum absolute atomic E-state index is 12.3. The summed E-state index contributed by atoms with van der Waals surface area (Å²) in [4.78, 5) is 12.3. The number of methoxy groups -OCH3 is 1. The van der Waals surface area contributed by atoms with E-state index in [9.17, 15) is 4.79 Å². The second-order valence-corrected chi connectivity index (χ2v) is 15.3. The van der Waals surface area contributed by atoms with Gasteiger partial charge in [0.1, 0.15) is 11.4 Å². The van der Waals surface area contributed by atoms with Gasteiger partial charge in [-0.25, -0.2) is 4.79 Å². The Labute approximate surface area is 201 Å². The Morgan fingerprint density at radius 3 is 2.39 bits per heavy atom. The number of hydrogen-bond acceptors (Lipinski definition) is 5. The van der Waals surface area contributed by atoms with Crippen molar-refractivity contribution >= 4 is 14.3 Å². The molecule has 0 saturated carbocycles. The highest BCUT2D eigenvalue weighted by Gasteiger charge is 2.49. The Kier molecular flexibility index (Phi) is 9.14. The van der Waals surface area contributed by atoms with E-state index < -0.39 is 13.9 Å². The van der Waals surface area contributed by atoms with Crippen molar-refractivity contribution < 1.29 is 23.4 Å². The highest BCUT2D eigenvalue weighted by Crippen LogP contribution is 2.46. The van der Waals surface area contributed by atoms with Crippen LogP contribution in [-0.4, -0.2) is 40.2 Å². The van der Waals surface area contributed by atoms with Gasteiger partial charge in [-0.1, -0.05) is 45.9 Å². The minimum absolute atomic E-state index is 0.0484. The van der Waals surface area contributed by atoms with Crippen LogP contribution in [0.1, 0.15) is 53.5 Å². The van der Waals surface area contributed by atoms with Gasteiger partial charge < -0.3 is 18.6 Å². The van der Waals surface area contributed by atoms with Crippen molar-refractivity contribution in [3.63, 3.8) is 0 Å². The fourth-order valence-electron chi connectivity index (χ4n) is 3.84. The lowest BCUT2D eigenvalue weighted by Crippen LogP contribution is -2.52. The molecule has 1 aromatic carbocycles. The molecule has 1 aromatic rings. The van der Waals surface area contributed by atoms with Gasteiger partial charge in [-0.05, 0) is 73.7 Å². The summed E-state index contributed by atoms with van der Waals surface area (Å²) in [5.74, 6) is 0.852. The van der Waals surface area contributed by atoms with Gasteiger partial charge in [-0.2, -0.15) is 0 Å². The van der Waals surface area contributed by atoms with Crippen LogP contribution >= 0.6 is 0 Å². The maximum Gasteiger partial charge on any atom is 0.333 e. The topological polar surface area (TPSA) is 54.0 Å². The summed E-state index contributed by atoms with van der Waals surface area (Å²) in [6, 6.07) is 7.90. The number of benzene rings is 1. The minimum atomic E-state index is -2.13. The monoisotopic (exact) mass is 474 g/mol. The van der Waals surface area contributed by atoms with Crippen LogP contribution < -0.4 is 4.74 Å². The third kappa shape index (κ3) is 7.04. The zero-order valence-electron chi connectivity index (χ0n) is 21.9. The summed E-state index contributed by atoms with van der Waals surface area (Å²) in [7, 11) is -0.470. The van der Waals surface area contributed by atoms with Crippen LogP contribution in [0, 0.1) is 5.92 Å². The van der Waals surface area contributed by atoms with Gasteiger partial charge in [0.2, 0.25) is 0 Å². The molecule has 0 amide bonds. The Morgan fingerprint density at radius 1 is 1.21 bits per heavy atom. The zero-order valence-corrected chi connectivity index (χ0v) is 22.9. The van der Waals surface area contributed by atoms with Crippen LogP contribution in [0.5, 0.6) is 5.75 Å². The lowest BCUT2D eigenvalue weighted by atomic mass is 9.93. The first-order valence-corrected chi connectivity index (χ1v) is 14.7. The number of ether oxygens (including phenoxy) is 3. The molecule has 0 aromatic heterocycles. The minimum Gasteiger partial charge on any atom is -0.497 e. The van der Waals surface area contributed by atoms with Crippen molar-refractivity contribution in [3.8, 4) is 5.75 Å². The molecule has 1 aliphatic carbocycles. The number of esters is 1. The number of carbonyl (C=O) groups excluding carboxylic acids is 1. The Hall–Kier alpha value is -1.89. The van der Waals surface area contributed by atoms with E-state index in [1.165, 1.54) is 0 Å². The molecular weight excluding hydrogens is 432 g/mol. The van der Waals surface area contributed by atoms with Gasteiger partial charge in [-0.15, -0.1) is 0 Å². The van der Waals surface area contributed by atoms with Crippen LogP contribution in [0.2, 0.25) is 18.1 Å². The van der Waals surface area contributed by atoms with Crippen molar-refractivity contribution in [1.82, 2.24) is 0 Å². The third-order valence-electron chi connectivity index (χ3n) is 6.63. The van der Waals surface area contributed by atoms with Crippen molar-refractivity contribution in [1.29, 1.82) is 0 Å². The molecule has 0 aliphatic heterocycles. The average molecular weight is 475 g/mol. The van der Waals surface area contributed by atoms with Crippen molar-refractivity contribution in [2.75, 3.05) is 20.3 Å². The van der Waals surface area contributed by atoms with E-state index in [2.05, 4.69) is 46.9 Å². The normalized spacial score (nSPS) is 21.7. The fraction of sp³-hybridized carbons (Fsp3) is 0.593. The largest absolute Gasteiger partial charge is 0.497 e. The number of allylic oxidation sites excluding steroid dienone is 1. The van der Waals surface area contributed by atoms with E-state index in [1.807, 2.05) is 37.3 Å². The lowest BCUT2D eigenvalue weighted by Gasteiger charge is -2.45. The molecule has 0 heterocycles. The summed E-state index contributed by atoms with van der Waals surface area (Å²) >= 11 is 0. The molecule has 2 rings (SSSR count). The van der Waals surface area contributed by atoms with Crippen LogP contribution in [0.4, 0.5) is 0 Å².